The van der Waals surface area contributed by atoms with Gasteiger partial charge < -0.3 is 10.6 Å². The van der Waals surface area contributed by atoms with E-state index in [0.717, 1.165) is 17.1 Å². The van der Waals surface area contributed by atoms with Crippen molar-refractivity contribution in [3.05, 3.63) is 102 Å². The standard InChI is InChI=1S/C25H26N2O2S/c1-19(21-12-6-3-7-13-21)26-25(29)22-14-8-9-15-23(22)27-24(28)16-17-30-18-20-10-4-2-5-11-20/h2-15,19H,16-18H2,1H3,(H,26,29)(H,27,28). The molecule has 3 aromatic rings. The summed E-state index contributed by atoms with van der Waals surface area (Å²) in [5.41, 5.74) is 3.28. The van der Waals surface area contributed by atoms with Gasteiger partial charge in [0.05, 0.1) is 17.3 Å². The molecule has 1 unspecified atom stereocenters. The lowest BCUT2D eigenvalue weighted by molar-refractivity contribution is -0.115. The first-order valence-electron chi connectivity index (χ1n) is 10.00. The molecule has 30 heavy (non-hydrogen) atoms. The topological polar surface area (TPSA) is 58.2 Å². The van der Waals surface area contributed by atoms with Crippen LogP contribution in [-0.2, 0) is 10.5 Å². The SMILES string of the molecule is CC(NC(=O)c1ccccc1NC(=O)CCSCc1ccccc1)c1ccccc1. The number of hydrogen-bond donors (Lipinski definition) is 2. The van der Waals surface area contributed by atoms with Gasteiger partial charge in [0.2, 0.25) is 5.91 Å². The molecule has 0 saturated heterocycles. The minimum Gasteiger partial charge on any atom is -0.345 e. The molecular formula is C25H26N2O2S. The van der Waals surface area contributed by atoms with E-state index in [1.54, 1.807) is 30.0 Å². The zero-order valence-electron chi connectivity index (χ0n) is 17.0. The molecule has 0 aromatic heterocycles. The largest absolute Gasteiger partial charge is 0.345 e. The van der Waals surface area contributed by atoms with Crippen LogP contribution in [0.3, 0.4) is 0 Å². The van der Waals surface area contributed by atoms with E-state index in [4.69, 9.17) is 0 Å². The molecule has 0 aliphatic heterocycles. The molecule has 0 fully saturated rings. The van der Waals surface area contributed by atoms with Gasteiger partial charge in [-0.15, -0.1) is 0 Å². The second-order valence-corrected chi connectivity index (χ2v) is 8.09. The van der Waals surface area contributed by atoms with E-state index in [0.29, 0.717) is 17.7 Å². The van der Waals surface area contributed by atoms with Gasteiger partial charge in [-0.2, -0.15) is 11.8 Å². The lowest BCUT2D eigenvalue weighted by Gasteiger charge is -2.16. The molecule has 3 rings (SSSR count). The second kappa shape index (κ2) is 11.2. The minimum atomic E-state index is -0.208. The number of carbonyl (C=O) groups is 2. The number of benzene rings is 3. The van der Waals surface area contributed by atoms with Gasteiger partial charge in [-0.3, -0.25) is 9.59 Å². The maximum Gasteiger partial charge on any atom is 0.253 e. The van der Waals surface area contributed by atoms with E-state index >= 15 is 0 Å². The molecule has 0 aliphatic rings. The van der Waals surface area contributed by atoms with Crippen LogP contribution in [0.1, 0.15) is 40.9 Å². The normalized spacial score (nSPS) is 11.5. The number of carbonyl (C=O) groups excluding carboxylic acids is 2. The summed E-state index contributed by atoms with van der Waals surface area (Å²) < 4.78 is 0. The van der Waals surface area contributed by atoms with E-state index in [1.807, 2.05) is 61.5 Å². The van der Waals surface area contributed by atoms with Gasteiger partial charge in [0.25, 0.3) is 5.91 Å². The maximum atomic E-state index is 12.8. The van der Waals surface area contributed by atoms with Gasteiger partial charge in [-0.05, 0) is 30.2 Å². The molecule has 1 atom stereocenters. The van der Waals surface area contributed by atoms with E-state index < -0.39 is 0 Å². The summed E-state index contributed by atoms with van der Waals surface area (Å²) in [5, 5.41) is 5.89. The zero-order valence-corrected chi connectivity index (χ0v) is 17.8. The fourth-order valence-corrected chi connectivity index (χ4v) is 3.93. The quantitative estimate of drug-likeness (QED) is 0.455. The Labute approximate surface area is 182 Å². The lowest BCUT2D eigenvalue weighted by atomic mass is 10.1. The monoisotopic (exact) mass is 418 g/mol. The number of nitrogens with one attached hydrogen (secondary N) is 2. The predicted octanol–water partition coefficient (Wildman–Crippen LogP) is 5.44. The Morgan fingerprint density at radius 2 is 1.50 bits per heavy atom. The molecule has 3 aromatic carbocycles. The van der Waals surface area contributed by atoms with Crippen molar-refractivity contribution in [3.8, 4) is 0 Å². The highest BCUT2D eigenvalue weighted by Crippen LogP contribution is 2.19. The Morgan fingerprint density at radius 3 is 2.23 bits per heavy atom. The fraction of sp³-hybridized carbons (Fsp3) is 0.200. The summed E-state index contributed by atoms with van der Waals surface area (Å²) in [5.74, 6) is 1.30. The third-order valence-electron chi connectivity index (χ3n) is 4.68. The third kappa shape index (κ3) is 6.49. The number of rotatable bonds is 9. The molecule has 5 heteroatoms. The third-order valence-corrected chi connectivity index (χ3v) is 5.71. The molecule has 0 saturated carbocycles. The summed E-state index contributed by atoms with van der Waals surface area (Å²) in [7, 11) is 0. The smallest absolute Gasteiger partial charge is 0.253 e. The molecule has 0 spiro atoms. The molecule has 154 valence electrons. The van der Waals surface area contributed by atoms with Gasteiger partial charge in [0.1, 0.15) is 0 Å². The van der Waals surface area contributed by atoms with Crippen molar-refractivity contribution in [1.82, 2.24) is 5.32 Å². The molecule has 0 radical (unpaired) electrons. The van der Waals surface area contributed by atoms with Crippen LogP contribution in [0.5, 0.6) is 0 Å². The van der Waals surface area contributed by atoms with Crippen LogP contribution in [0.25, 0.3) is 0 Å². The fourth-order valence-electron chi connectivity index (χ4n) is 3.03. The maximum absolute atomic E-state index is 12.8. The van der Waals surface area contributed by atoms with Crippen LogP contribution in [0.4, 0.5) is 5.69 Å². The van der Waals surface area contributed by atoms with E-state index in [9.17, 15) is 9.59 Å². The van der Waals surface area contributed by atoms with Crippen molar-refractivity contribution in [2.24, 2.45) is 0 Å². The minimum absolute atomic E-state index is 0.0908. The van der Waals surface area contributed by atoms with Crippen molar-refractivity contribution < 1.29 is 9.59 Å². The summed E-state index contributed by atoms with van der Waals surface area (Å²) >= 11 is 1.72. The number of hydrogen-bond acceptors (Lipinski definition) is 3. The Kier molecular flexibility index (Phi) is 8.10. The Bertz CT molecular complexity index is 961. The lowest BCUT2D eigenvalue weighted by Crippen LogP contribution is -2.28. The molecule has 2 amide bonds. The summed E-state index contributed by atoms with van der Waals surface area (Å²) in [6.45, 7) is 1.94. The van der Waals surface area contributed by atoms with Gasteiger partial charge in [-0.25, -0.2) is 0 Å². The van der Waals surface area contributed by atoms with E-state index in [-0.39, 0.29) is 17.9 Å². The molecular weight excluding hydrogens is 392 g/mol. The summed E-state index contributed by atoms with van der Waals surface area (Å²) in [4.78, 5) is 25.2. The van der Waals surface area contributed by atoms with Crippen LogP contribution in [-0.4, -0.2) is 17.6 Å². The van der Waals surface area contributed by atoms with E-state index in [2.05, 4.69) is 22.8 Å². The van der Waals surface area contributed by atoms with Crippen LogP contribution >= 0.6 is 11.8 Å². The van der Waals surface area contributed by atoms with Crippen LogP contribution in [0, 0.1) is 0 Å². The Hall–Kier alpha value is -3.05. The number of thioether (sulfide) groups is 1. The first-order valence-corrected chi connectivity index (χ1v) is 11.2. The van der Waals surface area contributed by atoms with Gasteiger partial charge >= 0.3 is 0 Å². The average Bonchev–Trinajstić information content (AvgIpc) is 2.78. The Morgan fingerprint density at radius 1 is 0.867 bits per heavy atom. The summed E-state index contributed by atoms with van der Waals surface area (Å²) in [6.07, 6.45) is 0.397. The second-order valence-electron chi connectivity index (χ2n) is 6.99. The zero-order chi connectivity index (χ0) is 21.2. The van der Waals surface area contributed by atoms with Gasteiger partial charge in [0, 0.05) is 17.9 Å². The number of anilines is 1. The van der Waals surface area contributed by atoms with Gasteiger partial charge in [0.15, 0.2) is 0 Å². The van der Waals surface area contributed by atoms with Crippen LogP contribution in [0.2, 0.25) is 0 Å². The van der Waals surface area contributed by atoms with Crippen molar-refractivity contribution >= 4 is 29.3 Å². The molecule has 4 nitrogen and oxygen atoms in total. The first-order chi connectivity index (χ1) is 14.6. The average molecular weight is 419 g/mol. The number of para-hydroxylation sites is 1. The van der Waals surface area contributed by atoms with Crippen molar-refractivity contribution in [3.63, 3.8) is 0 Å². The molecule has 0 heterocycles. The van der Waals surface area contributed by atoms with Gasteiger partial charge in [-0.1, -0.05) is 72.8 Å². The van der Waals surface area contributed by atoms with Crippen molar-refractivity contribution in [2.75, 3.05) is 11.1 Å². The van der Waals surface area contributed by atoms with Crippen molar-refractivity contribution in [2.45, 2.75) is 25.1 Å². The van der Waals surface area contributed by atoms with E-state index in [1.165, 1.54) is 5.56 Å². The Balaban J connectivity index is 1.52. The molecule has 0 aliphatic carbocycles. The molecule has 2 N–H and O–H groups in total. The first kappa shape index (κ1) is 21.7. The highest BCUT2D eigenvalue weighted by atomic mass is 32.2. The van der Waals surface area contributed by atoms with Crippen LogP contribution in [0.15, 0.2) is 84.9 Å². The highest BCUT2D eigenvalue weighted by molar-refractivity contribution is 7.98. The van der Waals surface area contributed by atoms with Crippen molar-refractivity contribution in [1.29, 1.82) is 0 Å². The predicted molar refractivity (Wildman–Crippen MR) is 125 cm³/mol. The number of amides is 2. The van der Waals surface area contributed by atoms with Crippen LogP contribution < -0.4 is 10.6 Å². The summed E-state index contributed by atoms with van der Waals surface area (Å²) in [6, 6.07) is 27.0. The molecule has 0 bridgehead atoms. The highest BCUT2D eigenvalue weighted by Gasteiger charge is 2.16.